The third kappa shape index (κ3) is 7.68. The first-order valence-electron chi connectivity index (χ1n) is 17.0. The molecule has 5 aliphatic heterocycles. The van der Waals surface area contributed by atoms with E-state index in [4.69, 9.17) is 27.3 Å². The lowest BCUT2D eigenvalue weighted by Gasteiger charge is -2.50. The number of oxime groups is 2. The number of aromatic hydroxyl groups is 2. The Morgan fingerprint density at radius 3 is 2.41 bits per heavy atom. The fourth-order valence-electron chi connectivity index (χ4n) is 7.45. The lowest BCUT2D eigenvalue weighted by Crippen LogP contribution is -2.63. The predicted octanol–water partition coefficient (Wildman–Crippen LogP) is 0.968. The first kappa shape index (κ1) is 40.2. The van der Waals surface area contributed by atoms with E-state index in [0.717, 1.165) is 22.3 Å². The van der Waals surface area contributed by atoms with Gasteiger partial charge in [0.2, 0.25) is 12.0 Å². The summed E-state index contributed by atoms with van der Waals surface area (Å²) in [7, 11) is 0. The van der Waals surface area contributed by atoms with Crippen molar-refractivity contribution in [1.29, 1.82) is 0 Å². The van der Waals surface area contributed by atoms with Crippen LogP contribution in [0, 0.1) is 5.92 Å². The van der Waals surface area contributed by atoms with E-state index in [1.807, 2.05) is 0 Å². The maximum Gasteiger partial charge on any atom is 0.352 e. The Kier molecular flexibility index (Phi) is 11.5. The number of piperidine rings is 1. The number of ketones is 1. The number of phenols is 2. The highest BCUT2D eigenvalue weighted by Crippen LogP contribution is 2.46. The Hall–Kier alpha value is -5.45. The van der Waals surface area contributed by atoms with Gasteiger partial charge in [0.25, 0.3) is 5.91 Å². The molecule has 56 heavy (non-hydrogen) atoms. The number of phenolic OH excluding ortho intramolecular Hbond substituents is 2. The van der Waals surface area contributed by atoms with Crippen molar-refractivity contribution >= 4 is 86.8 Å². The average molecular weight is 837 g/mol. The van der Waals surface area contributed by atoms with E-state index in [1.165, 1.54) is 23.2 Å². The molecule has 1 aromatic carbocycles. The van der Waals surface area contributed by atoms with Gasteiger partial charge >= 0.3 is 17.9 Å². The molecule has 4 saturated heterocycles. The number of hydrogen-bond acceptors (Lipinski definition) is 16. The zero-order chi connectivity index (χ0) is 40.6. The molecular weight excluding hydrogens is 802 g/mol. The standard InChI is InChI=1S/C33H34ClN7O13S2/c34-23-16(1-2-19(42)27(23)46)24(37-53)29(48)39-5-8-41(6-3-15(39)4-7-41)11-14-12-55-30-17(28(47)40(30)26(14)32(51)52)9-20(43)25(18-13-56-33(35)36-18)38-54-21(31(49)50)10-22(44)45/h1-2,13,15,17,21,30H,3-12H2,(H7-,35,36,37,38,42,43,44,45,46,48,49,50,51,52,53)/p+1/t15?,17-,21+,30-,41?/m1/s1. The lowest BCUT2D eigenvalue weighted by molar-refractivity contribution is -0.924. The Bertz CT molecular complexity index is 2100. The van der Waals surface area contributed by atoms with Crippen LogP contribution in [0.25, 0.3) is 0 Å². The van der Waals surface area contributed by atoms with E-state index in [2.05, 4.69) is 15.3 Å². The number of amides is 2. The van der Waals surface area contributed by atoms with Gasteiger partial charge in [-0.05, 0) is 12.1 Å². The monoisotopic (exact) mass is 836 g/mol. The Morgan fingerprint density at radius 2 is 1.80 bits per heavy atom. The molecule has 7 rings (SSSR count). The molecule has 8 N–H and O–H groups in total. The van der Waals surface area contributed by atoms with Gasteiger partial charge in [0.15, 0.2) is 33.8 Å². The molecule has 2 amide bonds. The minimum Gasteiger partial charge on any atom is -0.504 e. The average Bonchev–Trinajstić information content (AvgIpc) is 3.40. The highest BCUT2D eigenvalue weighted by Gasteiger charge is 2.55. The number of Topliss-reactive ketones (excluding diaryl/α,β-unsaturated/α-hetero) is 1. The summed E-state index contributed by atoms with van der Waals surface area (Å²) in [5, 5.41) is 65.6. The van der Waals surface area contributed by atoms with E-state index in [-0.39, 0.29) is 52.0 Å². The molecule has 23 heteroatoms. The highest BCUT2D eigenvalue weighted by molar-refractivity contribution is 8.00. The number of rotatable bonds is 14. The number of carboxylic acids is 3. The van der Waals surface area contributed by atoms with Gasteiger partial charge in [-0.3, -0.25) is 24.1 Å². The van der Waals surface area contributed by atoms with Crippen molar-refractivity contribution in [2.45, 2.75) is 43.2 Å². The number of thioether (sulfide) groups is 1. The van der Waals surface area contributed by atoms with Crippen LogP contribution in [-0.4, -0.2) is 153 Å². The zero-order valence-electron chi connectivity index (χ0n) is 29.1. The van der Waals surface area contributed by atoms with Gasteiger partial charge in [0.05, 0.1) is 48.9 Å². The largest absolute Gasteiger partial charge is 0.504 e. The Balaban J connectivity index is 1.17. The summed E-state index contributed by atoms with van der Waals surface area (Å²) < 4.78 is 0.420. The van der Waals surface area contributed by atoms with Gasteiger partial charge < -0.3 is 50.7 Å². The molecule has 2 aromatic rings. The first-order chi connectivity index (χ1) is 26.6. The second-order valence-corrected chi connectivity index (χ2v) is 16.0. The maximum absolute atomic E-state index is 13.7. The molecule has 6 heterocycles. The molecule has 1 aromatic heterocycles. The fourth-order valence-corrected chi connectivity index (χ4v) is 9.65. The van der Waals surface area contributed by atoms with Crippen LogP contribution < -0.4 is 5.73 Å². The second kappa shape index (κ2) is 16.0. The number of anilines is 1. The highest BCUT2D eigenvalue weighted by atomic mass is 35.5. The van der Waals surface area contributed by atoms with Crippen LogP contribution in [0.2, 0.25) is 5.02 Å². The molecule has 2 bridgehead atoms. The normalized spacial score (nSPS) is 24.2. The van der Waals surface area contributed by atoms with Crippen molar-refractivity contribution in [2.75, 3.05) is 44.2 Å². The molecule has 0 spiro atoms. The number of nitrogens with zero attached hydrogens (tertiary/aromatic N) is 6. The third-order valence-electron chi connectivity index (χ3n) is 10.3. The Labute approximate surface area is 329 Å². The summed E-state index contributed by atoms with van der Waals surface area (Å²) >= 11 is 8.39. The van der Waals surface area contributed by atoms with Gasteiger partial charge in [-0.1, -0.05) is 21.9 Å². The van der Waals surface area contributed by atoms with E-state index in [1.54, 1.807) is 4.90 Å². The quantitative estimate of drug-likeness (QED) is 0.0348. The van der Waals surface area contributed by atoms with Crippen molar-refractivity contribution in [3.8, 4) is 11.5 Å². The van der Waals surface area contributed by atoms with E-state index >= 15 is 0 Å². The fraction of sp³-hybridized carbons (Fsp3) is 0.424. The number of carbonyl (C=O) groups is 6. The van der Waals surface area contributed by atoms with E-state index in [9.17, 15) is 54.4 Å². The summed E-state index contributed by atoms with van der Waals surface area (Å²) in [6.07, 6.45) is -2.28. The summed E-state index contributed by atoms with van der Waals surface area (Å²) in [4.78, 5) is 88.0. The molecule has 20 nitrogen and oxygen atoms in total. The van der Waals surface area contributed by atoms with Crippen LogP contribution in [0.4, 0.5) is 5.13 Å². The molecule has 0 saturated carbocycles. The molecule has 0 unspecified atom stereocenters. The summed E-state index contributed by atoms with van der Waals surface area (Å²) in [5.74, 6) is -8.46. The minimum absolute atomic E-state index is 0.0431. The number of nitrogen functional groups attached to an aromatic ring is 1. The van der Waals surface area contributed by atoms with E-state index < -0.39 is 88.7 Å². The molecule has 0 aliphatic carbocycles. The van der Waals surface area contributed by atoms with Crippen LogP contribution in [0.15, 0.2) is 39.1 Å². The number of benzene rings is 1. The van der Waals surface area contributed by atoms with Crippen LogP contribution >= 0.6 is 34.7 Å². The van der Waals surface area contributed by atoms with Crippen LogP contribution in [0.1, 0.15) is 36.9 Å². The molecule has 5 aliphatic rings. The number of aromatic nitrogens is 1. The number of carboxylic acid groups (broad SMARTS) is 3. The van der Waals surface area contributed by atoms with Crippen LogP contribution in [0.3, 0.4) is 0 Å². The number of quaternary nitrogens is 1. The topological polar surface area (TPSA) is 303 Å². The van der Waals surface area contributed by atoms with Crippen molar-refractivity contribution in [2.24, 2.45) is 16.2 Å². The summed E-state index contributed by atoms with van der Waals surface area (Å²) in [6, 6.07) is 2.13. The zero-order valence-corrected chi connectivity index (χ0v) is 31.5. The summed E-state index contributed by atoms with van der Waals surface area (Å²) in [5.41, 5.74) is 4.98. The molecule has 0 radical (unpaired) electrons. The smallest absolute Gasteiger partial charge is 0.352 e. The van der Waals surface area contributed by atoms with E-state index in [0.29, 0.717) is 42.5 Å². The third-order valence-corrected chi connectivity index (χ3v) is 12.7. The van der Waals surface area contributed by atoms with Crippen molar-refractivity contribution in [3.05, 3.63) is 45.1 Å². The number of aliphatic carboxylic acids is 3. The predicted molar refractivity (Wildman–Crippen MR) is 196 cm³/mol. The number of thiazole rings is 1. The molecule has 3 atom stereocenters. The molecule has 298 valence electrons. The molecule has 4 fully saturated rings. The van der Waals surface area contributed by atoms with Crippen molar-refractivity contribution < 1.29 is 68.8 Å². The second-order valence-electron chi connectivity index (χ2n) is 13.6. The van der Waals surface area contributed by atoms with Crippen LogP contribution in [0.5, 0.6) is 11.5 Å². The SMILES string of the molecule is Nc1nc(/C(=N/O[C@@H](CC(=O)O)C(=O)O)C(=O)C[C@@H]2C(=O)N3C(C(=O)O)=C(C[N+]45CCC(CC4)N(C(=O)/C(=N\O)c4ccc(O)c(O)c4Cl)CC5)CS[C@H]23)cs1. The van der Waals surface area contributed by atoms with Gasteiger partial charge in [0, 0.05) is 47.6 Å². The van der Waals surface area contributed by atoms with Gasteiger partial charge in [0.1, 0.15) is 17.9 Å². The molecular formula is C33H35ClN7O13S2+. The number of β-lactam (4-membered cyclic amide) rings is 1. The Morgan fingerprint density at radius 1 is 1.09 bits per heavy atom. The first-order valence-corrected chi connectivity index (χ1v) is 19.3. The van der Waals surface area contributed by atoms with Gasteiger partial charge in [-0.2, -0.15) is 0 Å². The summed E-state index contributed by atoms with van der Waals surface area (Å²) in [6.45, 7) is 2.05. The lowest BCUT2D eigenvalue weighted by atomic mass is 9.89. The van der Waals surface area contributed by atoms with Gasteiger partial charge in [-0.25, -0.2) is 14.6 Å². The van der Waals surface area contributed by atoms with Gasteiger partial charge in [-0.15, -0.1) is 23.1 Å². The van der Waals surface area contributed by atoms with Crippen molar-refractivity contribution in [3.63, 3.8) is 0 Å². The van der Waals surface area contributed by atoms with Crippen LogP contribution in [-0.2, 0) is 33.6 Å². The number of carbonyl (C=O) groups excluding carboxylic acids is 3. The van der Waals surface area contributed by atoms with Crippen molar-refractivity contribution in [1.82, 2.24) is 14.8 Å². The number of fused-ring (bicyclic) bond motifs is 5. The number of hydrogen-bond donors (Lipinski definition) is 7. The maximum atomic E-state index is 13.7. The minimum atomic E-state index is -1.93. The number of nitrogens with two attached hydrogens (primary N) is 1. The number of halogens is 1.